The van der Waals surface area contributed by atoms with Gasteiger partial charge in [-0.1, -0.05) is 19.1 Å². The number of halogens is 1. The van der Waals surface area contributed by atoms with Gasteiger partial charge >= 0.3 is 5.97 Å². The van der Waals surface area contributed by atoms with Gasteiger partial charge in [0.15, 0.2) is 0 Å². The lowest BCUT2D eigenvalue weighted by Gasteiger charge is -2.35. The fourth-order valence-electron chi connectivity index (χ4n) is 1.96. The third-order valence-electron chi connectivity index (χ3n) is 3.15. The zero-order chi connectivity index (χ0) is 14.5. The maximum Gasteiger partial charge on any atom is 0.329 e. The van der Waals surface area contributed by atoms with Gasteiger partial charge in [-0.25, -0.2) is 9.18 Å². The summed E-state index contributed by atoms with van der Waals surface area (Å²) in [6.45, 7) is 3.74. The van der Waals surface area contributed by atoms with Gasteiger partial charge in [0.25, 0.3) is 0 Å². The monoisotopic (exact) mass is 267 g/mol. The molecular weight excluding hydrogens is 249 g/mol. The van der Waals surface area contributed by atoms with Crippen LogP contribution in [-0.4, -0.2) is 34.5 Å². The second-order valence-corrected chi connectivity index (χ2v) is 4.68. The van der Waals surface area contributed by atoms with E-state index in [1.807, 2.05) is 6.92 Å². The zero-order valence-electron chi connectivity index (χ0n) is 11.1. The van der Waals surface area contributed by atoms with Crippen LogP contribution in [0.25, 0.3) is 0 Å². The summed E-state index contributed by atoms with van der Waals surface area (Å²) < 4.78 is 12.8. The van der Waals surface area contributed by atoms with Crippen molar-refractivity contribution in [2.45, 2.75) is 32.2 Å². The highest BCUT2D eigenvalue weighted by Gasteiger charge is 2.38. The van der Waals surface area contributed by atoms with Crippen molar-refractivity contribution in [2.24, 2.45) is 0 Å². The highest BCUT2D eigenvalue weighted by Crippen LogP contribution is 2.21. The molecule has 0 aliphatic rings. The van der Waals surface area contributed by atoms with Gasteiger partial charge in [-0.05, 0) is 31.0 Å². The molecule has 0 spiro atoms. The van der Waals surface area contributed by atoms with E-state index in [0.29, 0.717) is 24.9 Å². The van der Waals surface area contributed by atoms with Crippen molar-refractivity contribution in [2.75, 3.05) is 6.54 Å². The first kappa shape index (κ1) is 15.1. The zero-order valence-corrected chi connectivity index (χ0v) is 11.1. The van der Waals surface area contributed by atoms with E-state index < -0.39 is 11.5 Å². The van der Waals surface area contributed by atoms with E-state index in [1.54, 1.807) is 0 Å². The largest absolute Gasteiger partial charge is 0.479 e. The van der Waals surface area contributed by atoms with Gasteiger partial charge in [-0.3, -0.25) is 4.79 Å². The van der Waals surface area contributed by atoms with Gasteiger partial charge in [0.1, 0.15) is 11.4 Å². The molecule has 5 heteroatoms. The van der Waals surface area contributed by atoms with Crippen molar-refractivity contribution in [1.82, 2.24) is 4.90 Å². The van der Waals surface area contributed by atoms with E-state index in [0.717, 1.165) is 0 Å². The minimum absolute atomic E-state index is 0.140. The van der Waals surface area contributed by atoms with E-state index in [1.165, 1.54) is 36.1 Å². The molecule has 0 radical (unpaired) electrons. The Labute approximate surface area is 111 Å². The first-order valence-corrected chi connectivity index (χ1v) is 6.14. The Morgan fingerprint density at radius 3 is 2.42 bits per heavy atom. The summed E-state index contributed by atoms with van der Waals surface area (Å²) in [4.78, 5) is 23.9. The SMILES string of the molecule is CCCN(C=O)C(C)(Cc1ccc(F)cc1)C(=O)O. The highest BCUT2D eigenvalue weighted by atomic mass is 19.1. The molecular formula is C14H18FNO3. The lowest BCUT2D eigenvalue weighted by Crippen LogP contribution is -2.53. The number of aliphatic carboxylic acids is 1. The van der Waals surface area contributed by atoms with Crippen molar-refractivity contribution in [3.8, 4) is 0 Å². The maximum atomic E-state index is 12.8. The molecule has 0 saturated heterocycles. The van der Waals surface area contributed by atoms with E-state index in [-0.39, 0.29) is 12.2 Å². The summed E-state index contributed by atoms with van der Waals surface area (Å²) >= 11 is 0. The summed E-state index contributed by atoms with van der Waals surface area (Å²) in [5, 5.41) is 9.40. The molecule has 1 atom stereocenters. The number of carbonyl (C=O) groups excluding carboxylic acids is 1. The normalized spacial score (nSPS) is 13.6. The molecule has 0 aliphatic heterocycles. The number of hydrogen-bond donors (Lipinski definition) is 1. The van der Waals surface area contributed by atoms with Crippen molar-refractivity contribution in [3.05, 3.63) is 35.6 Å². The molecule has 0 saturated carbocycles. The average molecular weight is 267 g/mol. The molecule has 0 aliphatic carbocycles. The minimum atomic E-state index is -1.32. The van der Waals surface area contributed by atoms with Gasteiger partial charge in [0.2, 0.25) is 6.41 Å². The van der Waals surface area contributed by atoms with Crippen LogP contribution < -0.4 is 0 Å². The molecule has 1 aromatic carbocycles. The van der Waals surface area contributed by atoms with Gasteiger partial charge in [-0.15, -0.1) is 0 Å². The fraction of sp³-hybridized carbons (Fsp3) is 0.429. The third-order valence-corrected chi connectivity index (χ3v) is 3.15. The molecule has 0 heterocycles. The highest BCUT2D eigenvalue weighted by molar-refractivity contribution is 5.81. The molecule has 0 aromatic heterocycles. The van der Waals surface area contributed by atoms with Crippen molar-refractivity contribution in [3.63, 3.8) is 0 Å². The number of benzene rings is 1. The fourth-order valence-corrected chi connectivity index (χ4v) is 1.96. The van der Waals surface area contributed by atoms with Crippen LogP contribution in [0, 0.1) is 5.82 Å². The van der Waals surface area contributed by atoms with Crippen molar-refractivity contribution >= 4 is 12.4 Å². The van der Waals surface area contributed by atoms with Crippen LogP contribution in [0.2, 0.25) is 0 Å². The van der Waals surface area contributed by atoms with Crippen LogP contribution in [0.4, 0.5) is 4.39 Å². The lowest BCUT2D eigenvalue weighted by molar-refractivity contribution is -0.154. The molecule has 0 bridgehead atoms. The van der Waals surface area contributed by atoms with Crippen LogP contribution >= 0.6 is 0 Å². The third kappa shape index (κ3) is 3.53. The van der Waals surface area contributed by atoms with E-state index >= 15 is 0 Å². The summed E-state index contributed by atoms with van der Waals surface area (Å²) in [5.41, 5.74) is -0.649. The number of carbonyl (C=O) groups is 2. The lowest BCUT2D eigenvalue weighted by atomic mass is 9.91. The summed E-state index contributed by atoms with van der Waals surface area (Å²) in [6.07, 6.45) is 1.37. The predicted molar refractivity (Wildman–Crippen MR) is 69.2 cm³/mol. The standard InChI is InChI=1S/C14H18FNO3/c1-3-8-16(10-17)14(2,13(18)19)9-11-4-6-12(15)7-5-11/h4-7,10H,3,8-9H2,1-2H3,(H,18,19). The van der Waals surface area contributed by atoms with Crippen LogP contribution in [0.5, 0.6) is 0 Å². The Kier molecular flexibility index (Phi) is 5.03. The number of rotatable bonds is 7. The first-order valence-electron chi connectivity index (χ1n) is 6.14. The Balaban J connectivity index is 3.02. The Hall–Kier alpha value is -1.91. The Morgan fingerprint density at radius 1 is 1.42 bits per heavy atom. The molecule has 0 fully saturated rings. The molecule has 19 heavy (non-hydrogen) atoms. The second-order valence-electron chi connectivity index (χ2n) is 4.68. The van der Waals surface area contributed by atoms with E-state index in [2.05, 4.69) is 0 Å². The van der Waals surface area contributed by atoms with Gasteiger partial charge in [0.05, 0.1) is 0 Å². The second kappa shape index (κ2) is 6.31. The smallest absolute Gasteiger partial charge is 0.329 e. The Morgan fingerprint density at radius 2 is 2.00 bits per heavy atom. The van der Waals surface area contributed by atoms with Crippen LogP contribution in [0.15, 0.2) is 24.3 Å². The topological polar surface area (TPSA) is 57.6 Å². The van der Waals surface area contributed by atoms with Crippen LogP contribution in [-0.2, 0) is 16.0 Å². The first-order chi connectivity index (χ1) is 8.93. The van der Waals surface area contributed by atoms with Crippen molar-refractivity contribution in [1.29, 1.82) is 0 Å². The van der Waals surface area contributed by atoms with Crippen LogP contribution in [0.1, 0.15) is 25.8 Å². The summed E-state index contributed by atoms with van der Waals surface area (Å²) in [7, 11) is 0. The number of carboxylic acids is 1. The summed E-state index contributed by atoms with van der Waals surface area (Å²) in [6, 6.07) is 5.63. The summed E-state index contributed by atoms with van der Waals surface area (Å²) in [5.74, 6) is -1.45. The number of amides is 1. The van der Waals surface area contributed by atoms with E-state index in [4.69, 9.17) is 0 Å². The van der Waals surface area contributed by atoms with E-state index in [9.17, 15) is 19.1 Å². The molecule has 1 amide bonds. The Bertz CT molecular complexity index is 447. The molecule has 4 nitrogen and oxygen atoms in total. The molecule has 1 aromatic rings. The van der Waals surface area contributed by atoms with Crippen LogP contribution in [0.3, 0.4) is 0 Å². The molecule has 1 unspecified atom stereocenters. The molecule has 1 rings (SSSR count). The minimum Gasteiger partial charge on any atom is -0.479 e. The number of carboxylic acid groups (broad SMARTS) is 1. The predicted octanol–water partition coefficient (Wildman–Crippen LogP) is 2.08. The van der Waals surface area contributed by atoms with Gasteiger partial charge in [0, 0.05) is 13.0 Å². The average Bonchev–Trinajstić information content (AvgIpc) is 2.38. The molecule has 1 N–H and O–H groups in total. The number of hydrogen-bond acceptors (Lipinski definition) is 2. The van der Waals surface area contributed by atoms with Gasteiger partial charge < -0.3 is 10.0 Å². The number of nitrogens with zero attached hydrogens (tertiary/aromatic N) is 1. The maximum absolute atomic E-state index is 12.8. The van der Waals surface area contributed by atoms with Gasteiger partial charge in [-0.2, -0.15) is 0 Å². The quantitative estimate of drug-likeness (QED) is 0.769. The van der Waals surface area contributed by atoms with Crippen molar-refractivity contribution < 1.29 is 19.1 Å². The molecule has 104 valence electrons.